The molecular weight excluding hydrogens is 267 g/mol. The van der Waals surface area contributed by atoms with Crippen molar-refractivity contribution in [2.24, 2.45) is 5.92 Å². The second-order valence-electron chi connectivity index (χ2n) is 4.47. The maximum absolute atomic E-state index is 9.45. The van der Waals surface area contributed by atoms with Gasteiger partial charge in [-0.25, -0.2) is 0 Å². The van der Waals surface area contributed by atoms with Gasteiger partial charge in [-0.15, -0.1) is 0 Å². The summed E-state index contributed by atoms with van der Waals surface area (Å²) in [4.78, 5) is 0. The molecule has 0 saturated heterocycles. The van der Waals surface area contributed by atoms with Gasteiger partial charge in [0.2, 0.25) is 0 Å². The van der Waals surface area contributed by atoms with Gasteiger partial charge < -0.3 is 0 Å². The Kier molecular flexibility index (Phi) is 5.51. The monoisotopic (exact) mass is 286 g/mol. The van der Waals surface area contributed by atoms with Gasteiger partial charge in [-0.3, -0.25) is 0 Å². The third-order valence-corrected chi connectivity index (χ3v) is 9.73. The van der Waals surface area contributed by atoms with Gasteiger partial charge in [-0.1, -0.05) is 0 Å². The molecule has 0 aliphatic heterocycles. The molecule has 0 fully saturated rings. The van der Waals surface area contributed by atoms with Gasteiger partial charge in [0.25, 0.3) is 0 Å². The van der Waals surface area contributed by atoms with Crippen LogP contribution < -0.4 is 0 Å². The van der Waals surface area contributed by atoms with Crippen LogP contribution in [0.1, 0.15) is 13.8 Å². The second kappa shape index (κ2) is 5.14. The topological polar surface area (TPSA) is 58.9 Å². The van der Waals surface area contributed by atoms with Crippen molar-refractivity contribution in [1.29, 1.82) is 0 Å². The molecule has 0 rings (SSSR count). The molecule has 0 aliphatic carbocycles. The molecule has 0 bridgehead atoms. The van der Waals surface area contributed by atoms with Crippen molar-refractivity contribution in [3.05, 3.63) is 0 Å². The quantitative estimate of drug-likeness (QED) is 0.749. The van der Waals surface area contributed by atoms with Gasteiger partial charge >= 0.3 is 88.0 Å². The third kappa shape index (κ3) is 9.25. The van der Waals surface area contributed by atoms with Crippen molar-refractivity contribution >= 4 is 8.32 Å². The first-order valence-electron chi connectivity index (χ1n) is 4.41. The van der Waals surface area contributed by atoms with Crippen LogP contribution in [0.15, 0.2) is 0 Å². The normalized spacial score (nSPS) is 13.8. The molecule has 0 saturated carbocycles. The Hall–Kier alpha value is 0.940. The second-order valence-corrected chi connectivity index (χ2v) is 13.8. The van der Waals surface area contributed by atoms with Crippen LogP contribution in [0.2, 0.25) is 19.6 Å². The molecular formula is C7H20O4SiZr. The van der Waals surface area contributed by atoms with Crippen molar-refractivity contribution in [2.75, 3.05) is 6.61 Å². The van der Waals surface area contributed by atoms with E-state index in [1.54, 1.807) is 0 Å². The van der Waals surface area contributed by atoms with Crippen LogP contribution in [0, 0.1) is 5.92 Å². The Labute approximate surface area is 87.9 Å². The Morgan fingerprint density at radius 2 is 1.69 bits per heavy atom. The molecule has 0 spiro atoms. The van der Waals surface area contributed by atoms with Gasteiger partial charge in [0, 0.05) is 0 Å². The first-order valence-corrected chi connectivity index (χ1v) is 12.0. The van der Waals surface area contributed by atoms with Crippen molar-refractivity contribution in [3.8, 4) is 0 Å². The van der Waals surface area contributed by atoms with E-state index in [2.05, 4.69) is 0 Å². The molecule has 0 heterocycles. The van der Waals surface area contributed by atoms with Crippen molar-refractivity contribution in [2.45, 2.75) is 33.5 Å². The van der Waals surface area contributed by atoms with E-state index >= 15 is 0 Å². The van der Waals surface area contributed by atoms with Crippen LogP contribution >= 0.6 is 0 Å². The predicted molar refractivity (Wildman–Crippen MR) is 49.7 cm³/mol. The van der Waals surface area contributed by atoms with E-state index in [1.165, 1.54) is 0 Å². The summed E-state index contributed by atoms with van der Waals surface area (Å²) in [6.45, 7) is 9.98. The van der Waals surface area contributed by atoms with Gasteiger partial charge in [-0.2, -0.15) is 0 Å². The summed E-state index contributed by atoms with van der Waals surface area (Å²) in [5.74, 6) is 0.292. The fourth-order valence-electron chi connectivity index (χ4n) is 0.704. The predicted octanol–water partition coefficient (Wildman–Crippen LogP) is 1.31. The zero-order valence-corrected chi connectivity index (χ0v) is 12.5. The number of rotatable bonds is 5. The first-order chi connectivity index (χ1) is 5.62. The molecule has 2 N–H and O–H groups in total. The van der Waals surface area contributed by atoms with Crippen LogP contribution in [0.5, 0.6) is 0 Å². The average molecular weight is 288 g/mol. The average Bonchev–Trinajstić information content (AvgIpc) is 1.78. The molecule has 0 atom stereocenters. The fourth-order valence-corrected chi connectivity index (χ4v) is 9.23. The molecule has 0 aliphatic rings. The van der Waals surface area contributed by atoms with E-state index in [0.717, 1.165) is 0 Å². The van der Waals surface area contributed by atoms with Crippen LogP contribution in [-0.2, 0) is 27.3 Å². The summed E-state index contributed by atoms with van der Waals surface area (Å²) in [7, 11) is -1.90. The Bertz CT molecular complexity index is 155. The molecule has 13 heavy (non-hydrogen) atoms. The van der Waals surface area contributed by atoms with Crippen molar-refractivity contribution in [3.63, 3.8) is 0 Å². The Morgan fingerprint density at radius 1 is 1.23 bits per heavy atom. The van der Waals surface area contributed by atoms with Crippen LogP contribution in [0.3, 0.4) is 0 Å². The van der Waals surface area contributed by atoms with E-state index in [1.807, 2.05) is 33.5 Å². The van der Waals surface area contributed by atoms with E-state index in [4.69, 9.17) is 5.32 Å². The zero-order valence-electron chi connectivity index (χ0n) is 9.00. The van der Waals surface area contributed by atoms with E-state index in [-0.39, 0.29) is 0 Å². The molecule has 80 valence electrons. The molecule has 4 nitrogen and oxygen atoms in total. The molecule has 0 aromatic rings. The van der Waals surface area contributed by atoms with Gasteiger partial charge in [0.1, 0.15) is 0 Å². The first kappa shape index (κ1) is 13.9. The summed E-state index contributed by atoms with van der Waals surface area (Å²) < 4.78 is 29.1. The minimum absolute atomic E-state index is 0.292. The van der Waals surface area contributed by atoms with E-state index < -0.39 is 30.3 Å². The van der Waals surface area contributed by atoms with Crippen molar-refractivity contribution in [1.82, 2.24) is 0 Å². The summed E-state index contributed by atoms with van der Waals surface area (Å²) in [5.41, 5.74) is 0. The fraction of sp³-hybridized carbons (Fsp3) is 1.00. The minimum atomic E-state index is -4.57. The summed E-state index contributed by atoms with van der Waals surface area (Å²) in [6, 6.07) is 0. The molecule has 0 aromatic carbocycles. The van der Waals surface area contributed by atoms with Crippen molar-refractivity contribution < 1.29 is 33.7 Å². The van der Waals surface area contributed by atoms with E-state index in [9.17, 15) is 6.37 Å². The summed E-state index contributed by atoms with van der Waals surface area (Å²) >= 11 is -4.57. The Balaban J connectivity index is 3.94. The Morgan fingerprint density at radius 3 is 2.00 bits per heavy atom. The van der Waals surface area contributed by atoms with Gasteiger partial charge in [0.15, 0.2) is 0 Å². The SMILES string of the molecule is CC(C)C[O][Zr]([OH])([OH])[O][Si](C)(C)C. The summed E-state index contributed by atoms with van der Waals surface area (Å²) in [6.07, 6.45) is 0. The zero-order chi connectivity index (χ0) is 10.7. The van der Waals surface area contributed by atoms with Crippen LogP contribution in [-0.4, -0.2) is 21.3 Å². The van der Waals surface area contributed by atoms with Crippen LogP contribution in [0.4, 0.5) is 0 Å². The molecule has 0 unspecified atom stereocenters. The summed E-state index contributed by atoms with van der Waals surface area (Å²) in [5, 5.41) is 0. The molecule has 6 heteroatoms. The molecule has 0 aromatic heterocycles. The third-order valence-electron chi connectivity index (χ3n) is 1.04. The van der Waals surface area contributed by atoms with Crippen LogP contribution in [0.25, 0.3) is 0 Å². The molecule has 0 amide bonds. The standard InChI is InChI=1S/C4H9O.C3H9OSi.2H2O.Zr/c1-4(2)3-5;1-5(2,3)4;;;/h4H,3H2,1-2H3;1-3H3;2*1H2;/q2*-1;;;+4/p-2. The number of hydrogen-bond acceptors (Lipinski definition) is 4. The molecule has 0 radical (unpaired) electrons. The maximum atomic E-state index is 9.45. The van der Waals surface area contributed by atoms with Gasteiger partial charge in [-0.05, 0) is 0 Å². The van der Waals surface area contributed by atoms with E-state index in [0.29, 0.717) is 12.5 Å². The number of hydrogen-bond donors (Lipinski definition) is 2. The van der Waals surface area contributed by atoms with Gasteiger partial charge in [0.05, 0.1) is 0 Å².